The van der Waals surface area contributed by atoms with Crippen molar-refractivity contribution in [3.63, 3.8) is 0 Å². The number of aromatic nitrogens is 4. The number of nitrogen functional groups attached to an aromatic ring is 1. The fraction of sp³-hybridized carbons (Fsp3) is 0.364. The molecule has 0 unspecified atom stereocenters. The molecule has 0 aliphatic carbocycles. The van der Waals surface area contributed by atoms with Gasteiger partial charge in [-0.1, -0.05) is 0 Å². The molecule has 2 aromatic rings. The third kappa shape index (κ3) is 3.64. The van der Waals surface area contributed by atoms with Gasteiger partial charge in [0.25, 0.3) is 0 Å². The van der Waals surface area contributed by atoms with Gasteiger partial charge in [-0.2, -0.15) is 4.98 Å². The van der Waals surface area contributed by atoms with Crippen LogP contribution in [0.1, 0.15) is 12.8 Å². The zero-order valence-electron chi connectivity index (χ0n) is 10.8. The molecule has 3 N–H and O–H groups in total. The highest BCUT2D eigenvalue weighted by Crippen LogP contribution is 2.20. The second-order valence-corrected chi connectivity index (χ2v) is 4.15. The molecule has 0 saturated heterocycles. The summed E-state index contributed by atoms with van der Waals surface area (Å²) in [5.74, 6) is 0.168. The Balaban J connectivity index is 1.81. The van der Waals surface area contributed by atoms with Crippen LogP contribution >= 0.6 is 0 Å². The smallest absolute Gasteiger partial charge is 0.329 e. The lowest BCUT2D eigenvalue weighted by molar-refractivity contribution is -0.384. The van der Waals surface area contributed by atoms with E-state index in [9.17, 15) is 10.1 Å². The average molecular weight is 277 g/mol. The normalized spacial score (nSPS) is 10.4. The van der Waals surface area contributed by atoms with Crippen molar-refractivity contribution in [2.24, 2.45) is 0 Å². The Morgan fingerprint density at radius 2 is 2.30 bits per heavy atom. The zero-order valence-corrected chi connectivity index (χ0v) is 10.8. The Hall–Kier alpha value is -2.71. The Labute approximate surface area is 115 Å². The molecule has 0 fully saturated rings. The number of aryl methyl sites for hydroxylation is 1. The first kappa shape index (κ1) is 13.7. The number of unbranched alkanes of at least 4 members (excludes halogenated alkanes) is 1. The minimum absolute atomic E-state index is 0.0107. The van der Waals surface area contributed by atoms with Gasteiger partial charge in [0, 0.05) is 25.5 Å². The summed E-state index contributed by atoms with van der Waals surface area (Å²) < 4.78 is 1.98. The van der Waals surface area contributed by atoms with Gasteiger partial charge in [0.05, 0.1) is 11.3 Å². The van der Waals surface area contributed by atoms with Crippen molar-refractivity contribution in [2.75, 3.05) is 17.6 Å². The lowest BCUT2D eigenvalue weighted by Gasteiger charge is -2.06. The van der Waals surface area contributed by atoms with E-state index in [-0.39, 0.29) is 17.5 Å². The minimum atomic E-state index is -0.534. The van der Waals surface area contributed by atoms with Crippen LogP contribution in [-0.2, 0) is 6.54 Å². The molecule has 2 rings (SSSR count). The number of nitrogens with one attached hydrogen (secondary N) is 1. The molecule has 0 aliphatic rings. The van der Waals surface area contributed by atoms with E-state index in [0.29, 0.717) is 6.54 Å². The molecule has 9 heteroatoms. The van der Waals surface area contributed by atoms with E-state index in [1.807, 2.05) is 10.8 Å². The van der Waals surface area contributed by atoms with Gasteiger partial charge in [0.15, 0.2) is 0 Å². The minimum Gasteiger partial charge on any atom is -0.368 e. The number of rotatable bonds is 7. The molecule has 9 nitrogen and oxygen atoms in total. The summed E-state index contributed by atoms with van der Waals surface area (Å²) in [6, 6.07) is 0. The second-order valence-electron chi connectivity index (χ2n) is 4.15. The second kappa shape index (κ2) is 6.45. The van der Waals surface area contributed by atoms with Gasteiger partial charge in [-0.15, -0.1) is 0 Å². The summed E-state index contributed by atoms with van der Waals surface area (Å²) in [5, 5.41) is 13.7. The number of nitro groups is 1. The van der Waals surface area contributed by atoms with Crippen LogP contribution in [0.4, 0.5) is 17.5 Å². The molecular weight excluding hydrogens is 262 g/mol. The Morgan fingerprint density at radius 3 is 3.00 bits per heavy atom. The first-order valence-electron chi connectivity index (χ1n) is 6.13. The van der Waals surface area contributed by atoms with Gasteiger partial charge in [0.1, 0.15) is 6.20 Å². The highest BCUT2D eigenvalue weighted by Gasteiger charge is 2.15. The number of hydrogen-bond acceptors (Lipinski definition) is 7. The standard InChI is InChI=1S/C11H15N7O2/c12-11-15-7-9(18(19)20)10(16-11)14-3-1-2-5-17-6-4-13-8-17/h4,6-8H,1-3,5H2,(H3,12,14,15,16). The predicted molar refractivity (Wildman–Crippen MR) is 73.0 cm³/mol. The van der Waals surface area contributed by atoms with E-state index < -0.39 is 4.92 Å². The maximum Gasteiger partial charge on any atom is 0.329 e. The Kier molecular flexibility index (Phi) is 4.43. The highest BCUT2D eigenvalue weighted by atomic mass is 16.6. The summed E-state index contributed by atoms with van der Waals surface area (Å²) in [6.45, 7) is 1.43. The molecule has 0 atom stereocenters. The zero-order chi connectivity index (χ0) is 14.4. The molecule has 20 heavy (non-hydrogen) atoms. The van der Waals surface area contributed by atoms with Crippen molar-refractivity contribution >= 4 is 17.5 Å². The monoisotopic (exact) mass is 277 g/mol. The van der Waals surface area contributed by atoms with Crippen LogP contribution in [-0.4, -0.2) is 31.0 Å². The molecule has 0 saturated carbocycles. The molecule has 0 amide bonds. The molecule has 2 heterocycles. The summed E-state index contributed by atoms with van der Waals surface area (Å²) in [7, 11) is 0. The first-order valence-corrected chi connectivity index (χ1v) is 6.13. The van der Waals surface area contributed by atoms with Crippen molar-refractivity contribution in [1.29, 1.82) is 0 Å². The number of imidazole rings is 1. The Bertz CT molecular complexity index is 570. The van der Waals surface area contributed by atoms with E-state index in [1.54, 1.807) is 12.5 Å². The third-order valence-corrected chi connectivity index (χ3v) is 2.68. The van der Waals surface area contributed by atoms with Crippen molar-refractivity contribution in [1.82, 2.24) is 19.5 Å². The SMILES string of the molecule is Nc1ncc([N+](=O)[O-])c(NCCCCn2ccnc2)n1. The molecular formula is C11H15N7O2. The lowest BCUT2D eigenvalue weighted by atomic mass is 10.3. The van der Waals surface area contributed by atoms with Gasteiger partial charge in [-0.3, -0.25) is 10.1 Å². The number of nitrogens with two attached hydrogens (primary N) is 1. The quantitative estimate of drug-likeness (QED) is 0.440. The van der Waals surface area contributed by atoms with Gasteiger partial charge >= 0.3 is 5.69 Å². The molecule has 0 bridgehead atoms. The maximum atomic E-state index is 10.8. The van der Waals surface area contributed by atoms with Crippen LogP contribution in [0, 0.1) is 10.1 Å². The van der Waals surface area contributed by atoms with E-state index in [2.05, 4.69) is 20.3 Å². The fourth-order valence-corrected chi connectivity index (χ4v) is 1.70. The summed E-state index contributed by atoms with van der Waals surface area (Å²) in [4.78, 5) is 21.7. The van der Waals surface area contributed by atoms with Crippen molar-refractivity contribution in [3.8, 4) is 0 Å². The van der Waals surface area contributed by atoms with Crippen LogP contribution in [0.3, 0.4) is 0 Å². The van der Waals surface area contributed by atoms with Crippen LogP contribution in [0.2, 0.25) is 0 Å². The number of hydrogen-bond donors (Lipinski definition) is 2. The molecule has 2 aromatic heterocycles. The largest absolute Gasteiger partial charge is 0.368 e. The van der Waals surface area contributed by atoms with Crippen molar-refractivity contribution < 1.29 is 4.92 Å². The van der Waals surface area contributed by atoms with Gasteiger partial charge in [-0.05, 0) is 12.8 Å². The fourth-order valence-electron chi connectivity index (χ4n) is 1.70. The van der Waals surface area contributed by atoms with Gasteiger partial charge < -0.3 is 15.6 Å². The van der Waals surface area contributed by atoms with Crippen LogP contribution in [0.15, 0.2) is 24.9 Å². The predicted octanol–water partition coefficient (Wildman–Crippen LogP) is 1.06. The average Bonchev–Trinajstić information content (AvgIpc) is 2.91. The summed E-state index contributed by atoms with van der Waals surface area (Å²) >= 11 is 0. The third-order valence-electron chi connectivity index (χ3n) is 2.68. The van der Waals surface area contributed by atoms with E-state index >= 15 is 0 Å². The van der Waals surface area contributed by atoms with Crippen LogP contribution in [0.25, 0.3) is 0 Å². The molecule has 106 valence electrons. The van der Waals surface area contributed by atoms with E-state index in [1.165, 1.54) is 0 Å². The molecule has 0 aromatic carbocycles. The number of nitrogens with zero attached hydrogens (tertiary/aromatic N) is 5. The number of anilines is 2. The lowest BCUT2D eigenvalue weighted by Crippen LogP contribution is -2.09. The van der Waals surface area contributed by atoms with Crippen molar-refractivity contribution in [2.45, 2.75) is 19.4 Å². The molecule has 0 spiro atoms. The first-order chi connectivity index (χ1) is 9.66. The summed E-state index contributed by atoms with van der Waals surface area (Å²) in [5.41, 5.74) is 5.25. The molecule has 0 aliphatic heterocycles. The van der Waals surface area contributed by atoms with Crippen LogP contribution in [0.5, 0.6) is 0 Å². The maximum absolute atomic E-state index is 10.8. The van der Waals surface area contributed by atoms with Gasteiger partial charge in [0.2, 0.25) is 11.8 Å². The van der Waals surface area contributed by atoms with Crippen molar-refractivity contribution in [3.05, 3.63) is 35.0 Å². The van der Waals surface area contributed by atoms with Gasteiger partial charge in [-0.25, -0.2) is 9.97 Å². The Morgan fingerprint density at radius 1 is 1.45 bits per heavy atom. The van der Waals surface area contributed by atoms with E-state index in [4.69, 9.17) is 5.73 Å². The molecule has 0 radical (unpaired) electrons. The van der Waals surface area contributed by atoms with E-state index in [0.717, 1.165) is 25.6 Å². The highest BCUT2D eigenvalue weighted by molar-refractivity contribution is 5.56. The topological polar surface area (TPSA) is 125 Å². The van der Waals surface area contributed by atoms with Crippen LogP contribution < -0.4 is 11.1 Å². The summed E-state index contributed by atoms with van der Waals surface area (Å²) in [6.07, 6.45) is 8.26.